The zero-order valence-corrected chi connectivity index (χ0v) is 52.1. The number of carbonyl (C=O) groups is 3. The summed E-state index contributed by atoms with van der Waals surface area (Å²) >= 11 is 0. The molecule has 0 aromatic carbocycles. The first-order valence-corrected chi connectivity index (χ1v) is 33.7. The minimum Gasteiger partial charge on any atom is -0.462 e. The van der Waals surface area contributed by atoms with Gasteiger partial charge in [-0.2, -0.15) is 0 Å². The van der Waals surface area contributed by atoms with Crippen LogP contribution in [0.15, 0.2) is 97.2 Å². The number of allylic oxidation sites excluding steroid dienone is 16. The summed E-state index contributed by atoms with van der Waals surface area (Å²) in [6.07, 6.45) is 90.6. The van der Waals surface area contributed by atoms with Gasteiger partial charge in [0.1, 0.15) is 13.2 Å². The maximum atomic E-state index is 12.8. The number of ether oxygens (including phenoxy) is 3. The van der Waals surface area contributed by atoms with Gasteiger partial charge < -0.3 is 14.2 Å². The van der Waals surface area contributed by atoms with Crippen LogP contribution in [0.5, 0.6) is 0 Å². The molecule has 0 rings (SSSR count). The van der Waals surface area contributed by atoms with E-state index in [1.54, 1.807) is 0 Å². The Morgan fingerprint density at radius 1 is 0.266 bits per heavy atom. The zero-order chi connectivity index (χ0) is 57.1. The van der Waals surface area contributed by atoms with E-state index in [-0.39, 0.29) is 31.1 Å². The SMILES string of the molecule is CC/C=C\C/C=C\C/C=C\C/C=C\CCCCCCCCCCCCCCCCCCCCC(=O)OCC(COC(=O)CCCCCCC)OC(=O)CCCCCCCCCCCCCC/C=C\C/C=C\C/C=C\C/C=C\CC. The lowest BCUT2D eigenvalue weighted by molar-refractivity contribution is -0.167. The molecule has 0 fully saturated rings. The molecule has 1 unspecified atom stereocenters. The minimum absolute atomic E-state index is 0.0744. The van der Waals surface area contributed by atoms with Gasteiger partial charge in [-0.1, -0.05) is 311 Å². The van der Waals surface area contributed by atoms with E-state index in [1.807, 2.05) is 0 Å². The molecule has 0 saturated heterocycles. The summed E-state index contributed by atoms with van der Waals surface area (Å²) in [7, 11) is 0. The van der Waals surface area contributed by atoms with Crippen LogP contribution in [0.25, 0.3) is 0 Å². The van der Waals surface area contributed by atoms with Crippen molar-refractivity contribution < 1.29 is 28.6 Å². The first-order valence-electron chi connectivity index (χ1n) is 33.7. The van der Waals surface area contributed by atoms with Crippen molar-refractivity contribution in [2.24, 2.45) is 0 Å². The van der Waals surface area contributed by atoms with Gasteiger partial charge in [0.25, 0.3) is 0 Å². The van der Waals surface area contributed by atoms with Crippen molar-refractivity contribution in [1.29, 1.82) is 0 Å². The molecule has 0 N–H and O–H groups in total. The number of rotatable bonds is 61. The maximum absolute atomic E-state index is 12.8. The summed E-state index contributed by atoms with van der Waals surface area (Å²) in [5.41, 5.74) is 0. The van der Waals surface area contributed by atoms with Crippen molar-refractivity contribution >= 4 is 17.9 Å². The van der Waals surface area contributed by atoms with Crippen LogP contribution < -0.4 is 0 Å². The molecule has 0 radical (unpaired) electrons. The Hall–Kier alpha value is -3.67. The van der Waals surface area contributed by atoms with Crippen LogP contribution in [0.1, 0.15) is 329 Å². The molecule has 0 aliphatic heterocycles. The van der Waals surface area contributed by atoms with Crippen LogP contribution >= 0.6 is 0 Å². The number of carbonyl (C=O) groups excluding carboxylic acids is 3. The molecule has 6 heteroatoms. The second kappa shape index (κ2) is 66.8. The standard InChI is InChI=1S/C73H126O6/c1-4-7-10-13-15-17-19-21-23-25-27-29-31-33-34-35-36-37-38-40-41-43-45-47-49-51-53-55-57-60-63-66-72(75)78-69-70(68-77-71(74)65-62-59-12-9-6-3)79-73(76)67-64-61-58-56-54-52-50-48-46-44-42-39-32-30-28-26-24-22-20-18-16-14-11-8-5-2/h7-8,10-11,15-18,21-24,27-30,70H,4-6,9,12-14,19-20,25-26,31-69H2,1-3H3/b10-7-,11-8-,17-15-,18-16-,23-21-,24-22-,29-27-,30-28-. The van der Waals surface area contributed by atoms with Crippen LogP contribution in [-0.2, 0) is 28.6 Å². The van der Waals surface area contributed by atoms with Crippen molar-refractivity contribution in [2.45, 2.75) is 335 Å². The van der Waals surface area contributed by atoms with Gasteiger partial charge in [-0.15, -0.1) is 0 Å². The number of hydrogen-bond donors (Lipinski definition) is 0. The van der Waals surface area contributed by atoms with Crippen LogP contribution in [0.2, 0.25) is 0 Å². The fourth-order valence-corrected chi connectivity index (χ4v) is 9.60. The normalized spacial score (nSPS) is 12.7. The molecule has 0 aliphatic rings. The molecule has 0 amide bonds. The molecule has 0 aromatic rings. The molecule has 0 spiro atoms. The molecule has 0 aromatic heterocycles. The van der Waals surface area contributed by atoms with E-state index in [0.29, 0.717) is 19.3 Å². The quantitative estimate of drug-likeness (QED) is 0.0261. The lowest BCUT2D eigenvalue weighted by Crippen LogP contribution is -2.30. The van der Waals surface area contributed by atoms with E-state index in [9.17, 15) is 14.4 Å². The van der Waals surface area contributed by atoms with Crippen molar-refractivity contribution in [3.8, 4) is 0 Å². The molecular formula is C73H126O6. The summed E-state index contributed by atoms with van der Waals surface area (Å²) < 4.78 is 16.8. The zero-order valence-electron chi connectivity index (χ0n) is 52.1. The highest BCUT2D eigenvalue weighted by molar-refractivity contribution is 5.71. The molecule has 0 saturated carbocycles. The fourth-order valence-electron chi connectivity index (χ4n) is 9.60. The van der Waals surface area contributed by atoms with Gasteiger partial charge in [0.15, 0.2) is 6.10 Å². The molecule has 6 nitrogen and oxygen atoms in total. The Kier molecular flexibility index (Phi) is 63.7. The fraction of sp³-hybridized carbons (Fsp3) is 0.740. The lowest BCUT2D eigenvalue weighted by atomic mass is 10.0. The number of unbranched alkanes of at least 4 members (excludes halogenated alkanes) is 34. The lowest BCUT2D eigenvalue weighted by Gasteiger charge is -2.18. The third kappa shape index (κ3) is 65.0. The van der Waals surface area contributed by atoms with Gasteiger partial charge in [0, 0.05) is 19.3 Å². The van der Waals surface area contributed by atoms with Crippen molar-refractivity contribution in [2.75, 3.05) is 13.2 Å². The van der Waals surface area contributed by atoms with Gasteiger partial charge >= 0.3 is 17.9 Å². The van der Waals surface area contributed by atoms with Crippen molar-refractivity contribution in [3.05, 3.63) is 97.2 Å². The maximum Gasteiger partial charge on any atom is 0.306 e. The van der Waals surface area contributed by atoms with Crippen LogP contribution in [0.3, 0.4) is 0 Å². The molecule has 0 heterocycles. The molecule has 454 valence electrons. The van der Waals surface area contributed by atoms with Crippen molar-refractivity contribution in [3.63, 3.8) is 0 Å². The largest absolute Gasteiger partial charge is 0.462 e. The monoisotopic (exact) mass is 1100 g/mol. The number of hydrogen-bond acceptors (Lipinski definition) is 6. The Labute approximate surface area is 489 Å². The van der Waals surface area contributed by atoms with Crippen LogP contribution in [-0.4, -0.2) is 37.2 Å². The molecular weight excluding hydrogens is 973 g/mol. The Morgan fingerprint density at radius 3 is 0.772 bits per heavy atom. The second-order valence-corrected chi connectivity index (χ2v) is 22.3. The smallest absolute Gasteiger partial charge is 0.306 e. The van der Waals surface area contributed by atoms with Gasteiger partial charge in [0.05, 0.1) is 0 Å². The second-order valence-electron chi connectivity index (χ2n) is 22.3. The minimum atomic E-state index is -0.774. The Morgan fingerprint density at radius 2 is 0.494 bits per heavy atom. The van der Waals surface area contributed by atoms with Gasteiger partial charge in [-0.05, 0) is 96.3 Å². The van der Waals surface area contributed by atoms with Gasteiger partial charge in [-0.25, -0.2) is 0 Å². The summed E-state index contributed by atoms with van der Waals surface area (Å²) in [5, 5.41) is 0. The van der Waals surface area contributed by atoms with Crippen LogP contribution in [0, 0.1) is 0 Å². The van der Waals surface area contributed by atoms with E-state index in [4.69, 9.17) is 14.2 Å². The average molecular weight is 1100 g/mol. The topological polar surface area (TPSA) is 78.9 Å². The third-order valence-corrected chi connectivity index (χ3v) is 14.6. The van der Waals surface area contributed by atoms with E-state index in [2.05, 4.69) is 118 Å². The highest BCUT2D eigenvalue weighted by atomic mass is 16.6. The van der Waals surface area contributed by atoms with E-state index in [0.717, 1.165) is 116 Å². The highest BCUT2D eigenvalue weighted by Gasteiger charge is 2.19. The first-order chi connectivity index (χ1) is 39.0. The molecule has 1 atom stereocenters. The molecule has 0 bridgehead atoms. The number of esters is 3. The predicted molar refractivity (Wildman–Crippen MR) is 344 cm³/mol. The van der Waals surface area contributed by atoms with Gasteiger partial charge in [0.2, 0.25) is 0 Å². The summed E-state index contributed by atoms with van der Waals surface area (Å²) in [5.74, 6) is -0.877. The van der Waals surface area contributed by atoms with Crippen LogP contribution in [0.4, 0.5) is 0 Å². The van der Waals surface area contributed by atoms with E-state index < -0.39 is 6.10 Å². The first kappa shape index (κ1) is 75.3. The Bertz CT molecular complexity index is 1540. The Balaban J connectivity index is 3.97. The van der Waals surface area contributed by atoms with Gasteiger partial charge in [-0.3, -0.25) is 14.4 Å². The van der Waals surface area contributed by atoms with E-state index >= 15 is 0 Å². The third-order valence-electron chi connectivity index (χ3n) is 14.6. The molecule has 79 heavy (non-hydrogen) atoms. The average Bonchev–Trinajstić information content (AvgIpc) is 3.45. The summed E-state index contributed by atoms with van der Waals surface area (Å²) in [4.78, 5) is 38.0. The highest BCUT2D eigenvalue weighted by Crippen LogP contribution is 2.17. The van der Waals surface area contributed by atoms with E-state index in [1.165, 1.54) is 173 Å². The van der Waals surface area contributed by atoms with Crippen molar-refractivity contribution in [1.82, 2.24) is 0 Å². The summed E-state index contributed by atoms with van der Waals surface area (Å²) in [6, 6.07) is 0. The predicted octanol–water partition coefficient (Wildman–Crippen LogP) is 23.2. The molecule has 0 aliphatic carbocycles. The summed E-state index contributed by atoms with van der Waals surface area (Å²) in [6.45, 7) is 6.36.